The van der Waals surface area contributed by atoms with Gasteiger partial charge >= 0.3 is 5.97 Å². The molecule has 0 saturated carbocycles. The molecule has 0 fully saturated rings. The van der Waals surface area contributed by atoms with Crippen LogP contribution in [0.25, 0.3) is 0 Å². The second-order valence-electron chi connectivity index (χ2n) is 5.66. The normalized spacial score (nSPS) is 13.1. The lowest BCUT2D eigenvalue weighted by Gasteiger charge is -2.23. The molecular formula is C14H23N2O3+. The molecule has 106 valence electrons. The molecule has 1 aromatic rings. The van der Waals surface area contributed by atoms with E-state index in [1.807, 2.05) is 24.3 Å². The Kier molecular flexibility index (Phi) is 5.32. The number of ether oxygens (including phenoxy) is 1. The fraction of sp³-hybridized carbons (Fsp3) is 0.500. The van der Waals surface area contributed by atoms with E-state index in [0.717, 1.165) is 22.3 Å². The van der Waals surface area contributed by atoms with E-state index in [-0.39, 0.29) is 0 Å². The summed E-state index contributed by atoms with van der Waals surface area (Å²) in [5.41, 5.74) is 6.38. The molecule has 0 aliphatic heterocycles. The smallest absolute Gasteiger partial charge is 0.320 e. The molecule has 1 unspecified atom stereocenters. The molecular weight excluding hydrogens is 244 g/mol. The fourth-order valence-electron chi connectivity index (χ4n) is 1.50. The van der Waals surface area contributed by atoms with E-state index in [4.69, 9.17) is 15.6 Å². The number of benzene rings is 1. The zero-order valence-corrected chi connectivity index (χ0v) is 11.8. The second-order valence-corrected chi connectivity index (χ2v) is 5.66. The number of carbonyl (C=O) groups is 1. The van der Waals surface area contributed by atoms with Crippen molar-refractivity contribution in [2.24, 2.45) is 5.73 Å². The highest BCUT2D eigenvalue weighted by atomic mass is 16.5. The minimum atomic E-state index is -0.983. The van der Waals surface area contributed by atoms with Gasteiger partial charge in [-0.1, -0.05) is 12.1 Å². The van der Waals surface area contributed by atoms with Crippen LogP contribution in [-0.2, 0) is 11.2 Å². The number of hydrogen-bond donors (Lipinski definition) is 2. The van der Waals surface area contributed by atoms with Crippen LogP contribution in [0, 0.1) is 0 Å². The highest BCUT2D eigenvalue weighted by Gasteiger charge is 2.12. The summed E-state index contributed by atoms with van der Waals surface area (Å²) in [6, 6.07) is 6.54. The molecule has 0 spiro atoms. The first kappa shape index (κ1) is 15.5. The highest BCUT2D eigenvalue weighted by Crippen LogP contribution is 2.13. The molecule has 0 aliphatic rings. The number of quaternary nitrogens is 1. The van der Waals surface area contributed by atoms with Gasteiger partial charge in [-0.25, -0.2) is 0 Å². The van der Waals surface area contributed by atoms with Crippen LogP contribution in [0.1, 0.15) is 5.56 Å². The average Bonchev–Trinajstić information content (AvgIpc) is 2.29. The van der Waals surface area contributed by atoms with Crippen LogP contribution in [0.5, 0.6) is 5.75 Å². The maximum Gasteiger partial charge on any atom is 0.320 e. The van der Waals surface area contributed by atoms with Gasteiger partial charge in [0.2, 0.25) is 0 Å². The Morgan fingerprint density at radius 3 is 2.37 bits per heavy atom. The van der Waals surface area contributed by atoms with E-state index in [9.17, 15) is 4.79 Å². The van der Waals surface area contributed by atoms with Crippen molar-refractivity contribution in [2.75, 3.05) is 34.3 Å². The second kappa shape index (κ2) is 6.54. The molecule has 5 nitrogen and oxygen atoms in total. The lowest BCUT2D eigenvalue weighted by Crippen LogP contribution is -2.38. The maximum atomic E-state index is 10.7. The van der Waals surface area contributed by atoms with Crippen molar-refractivity contribution in [1.82, 2.24) is 0 Å². The first-order valence-electron chi connectivity index (χ1n) is 6.28. The van der Waals surface area contributed by atoms with Crippen molar-refractivity contribution in [2.45, 2.75) is 12.5 Å². The van der Waals surface area contributed by atoms with Gasteiger partial charge in [-0.3, -0.25) is 4.79 Å². The van der Waals surface area contributed by atoms with Gasteiger partial charge in [-0.2, -0.15) is 0 Å². The van der Waals surface area contributed by atoms with Crippen molar-refractivity contribution in [3.05, 3.63) is 29.8 Å². The molecule has 0 amide bonds. The van der Waals surface area contributed by atoms with Gasteiger partial charge in [-0.15, -0.1) is 0 Å². The number of likely N-dealkylation sites (N-methyl/N-ethyl adjacent to an activating group) is 1. The topological polar surface area (TPSA) is 72.5 Å². The summed E-state index contributed by atoms with van der Waals surface area (Å²) in [5, 5.41) is 8.74. The summed E-state index contributed by atoms with van der Waals surface area (Å²) in [6.07, 6.45) is 0.328. The number of aliphatic carboxylic acids is 1. The Labute approximate surface area is 114 Å². The van der Waals surface area contributed by atoms with Gasteiger partial charge in [0.05, 0.1) is 21.1 Å². The molecule has 1 atom stereocenters. The fourth-order valence-corrected chi connectivity index (χ4v) is 1.50. The van der Waals surface area contributed by atoms with Crippen LogP contribution >= 0.6 is 0 Å². The van der Waals surface area contributed by atoms with Gasteiger partial charge in [0, 0.05) is 0 Å². The Balaban J connectivity index is 2.46. The molecule has 3 N–H and O–H groups in total. The molecule has 0 aromatic heterocycles. The van der Waals surface area contributed by atoms with Crippen LogP contribution in [0.4, 0.5) is 0 Å². The van der Waals surface area contributed by atoms with Gasteiger partial charge < -0.3 is 20.1 Å². The van der Waals surface area contributed by atoms with E-state index >= 15 is 0 Å². The van der Waals surface area contributed by atoms with Crippen LogP contribution in [0.2, 0.25) is 0 Å². The lowest BCUT2D eigenvalue weighted by molar-refractivity contribution is -0.870. The minimum absolute atomic E-state index is 0.328. The average molecular weight is 267 g/mol. The van der Waals surface area contributed by atoms with Crippen molar-refractivity contribution in [3.8, 4) is 5.75 Å². The highest BCUT2D eigenvalue weighted by molar-refractivity contribution is 5.73. The number of carboxylic acids is 1. The third-order valence-corrected chi connectivity index (χ3v) is 2.73. The minimum Gasteiger partial charge on any atom is -0.488 e. The van der Waals surface area contributed by atoms with E-state index in [1.165, 1.54) is 0 Å². The van der Waals surface area contributed by atoms with Crippen LogP contribution in [-0.4, -0.2) is 55.9 Å². The predicted molar refractivity (Wildman–Crippen MR) is 74.2 cm³/mol. The summed E-state index contributed by atoms with van der Waals surface area (Å²) < 4.78 is 6.48. The molecule has 0 aliphatic carbocycles. The SMILES string of the molecule is C[N+](C)(C)CCOc1ccc(CC(N)C(=O)O)cc1. The van der Waals surface area contributed by atoms with Crippen molar-refractivity contribution in [1.29, 1.82) is 0 Å². The number of nitrogens with two attached hydrogens (primary N) is 1. The molecule has 0 radical (unpaired) electrons. The third-order valence-electron chi connectivity index (χ3n) is 2.73. The Bertz CT molecular complexity index is 410. The Morgan fingerprint density at radius 2 is 1.89 bits per heavy atom. The number of rotatable bonds is 7. The largest absolute Gasteiger partial charge is 0.488 e. The van der Waals surface area contributed by atoms with Crippen molar-refractivity contribution < 1.29 is 19.1 Å². The number of nitrogens with zero attached hydrogens (tertiary/aromatic N) is 1. The van der Waals surface area contributed by atoms with E-state index in [0.29, 0.717) is 13.0 Å². The van der Waals surface area contributed by atoms with Crippen molar-refractivity contribution in [3.63, 3.8) is 0 Å². The standard InChI is InChI=1S/C14H22N2O3/c1-16(2,3)8-9-19-12-6-4-11(5-7-12)10-13(15)14(17)18/h4-7,13H,8-10,15H2,1-3H3/p+1. The zero-order chi connectivity index (χ0) is 14.5. The molecule has 1 rings (SSSR count). The third kappa shape index (κ3) is 6.22. The maximum absolute atomic E-state index is 10.7. The molecule has 19 heavy (non-hydrogen) atoms. The summed E-state index contributed by atoms with van der Waals surface area (Å²) in [4.78, 5) is 10.7. The summed E-state index contributed by atoms with van der Waals surface area (Å²) in [5.74, 6) is -0.190. The number of carboxylic acid groups (broad SMARTS) is 1. The van der Waals surface area contributed by atoms with Gasteiger partial charge in [0.25, 0.3) is 0 Å². The van der Waals surface area contributed by atoms with Gasteiger partial charge in [0.1, 0.15) is 24.9 Å². The monoisotopic (exact) mass is 267 g/mol. The van der Waals surface area contributed by atoms with Crippen LogP contribution < -0.4 is 10.5 Å². The first-order valence-corrected chi connectivity index (χ1v) is 6.28. The zero-order valence-electron chi connectivity index (χ0n) is 11.8. The number of hydrogen-bond acceptors (Lipinski definition) is 3. The quantitative estimate of drug-likeness (QED) is 0.714. The summed E-state index contributed by atoms with van der Waals surface area (Å²) >= 11 is 0. The van der Waals surface area contributed by atoms with Gasteiger partial charge in [0.15, 0.2) is 0 Å². The van der Waals surface area contributed by atoms with Crippen molar-refractivity contribution >= 4 is 5.97 Å². The molecule has 0 saturated heterocycles. The Hall–Kier alpha value is -1.59. The van der Waals surface area contributed by atoms with Gasteiger partial charge in [-0.05, 0) is 24.1 Å². The first-order chi connectivity index (χ1) is 8.78. The van der Waals surface area contributed by atoms with Crippen LogP contribution in [0.15, 0.2) is 24.3 Å². The Morgan fingerprint density at radius 1 is 1.32 bits per heavy atom. The molecule has 0 bridgehead atoms. The molecule has 5 heteroatoms. The molecule has 1 aromatic carbocycles. The van der Waals surface area contributed by atoms with Crippen LogP contribution in [0.3, 0.4) is 0 Å². The summed E-state index contributed by atoms with van der Waals surface area (Å²) in [7, 11) is 6.33. The van der Waals surface area contributed by atoms with E-state index in [1.54, 1.807) is 0 Å². The lowest BCUT2D eigenvalue weighted by atomic mass is 10.1. The van der Waals surface area contributed by atoms with E-state index < -0.39 is 12.0 Å². The summed E-state index contributed by atoms with van der Waals surface area (Å²) in [6.45, 7) is 1.57. The molecule has 0 heterocycles. The predicted octanol–water partition coefficient (Wildman–Crippen LogP) is 0.726. The van der Waals surface area contributed by atoms with E-state index in [2.05, 4.69) is 21.1 Å².